The summed E-state index contributed by atoms with van der Waals surface area (Å²) in [6.07, 6.45) is -0.145. The van der Waals surface area contributed by atoms with Crippen LogP contribution in [0, 0.1) is 23.7 Å². The number of nitrogens with zero attached hydrogens (tertiary/aromatic N) is 1. The molecule has 41 heavy (non-hydrogen) atoms. The van der Waals surface area contributed by atoms with E-state index in [9.17, 15) is 34.2 Å². The topological polar surface area (TPSA) is 164 Å². The highest BCUT2D eigenvalue weighted by molar-refractivity contribution is 6.31. The lowest BCUT2D eigenvalue weighted by Gasteiger charge is -2.48. The normalized spacial score (nSPS) is 27.3. The van der Waals surface area contributed by atoms with Crippen LogP contribution < -0.4 is 10.5 Å². The van der Waals surface area contributed by atoms with Gasteiger partial charge in [-0.3, -0.25) is 28.9 Å². The molecule has 10 heteroatoms. The number of carbonyl (C=O) groups excluding carboxylic acids is 5. The third-order valence-electron chi connectivity index (χ3n) is 9.14. The van der Waals surface area contributed by atoms with Crippen LogP contribution in [0.4, 0.5) is 0 Å². The van der Waals surface area contributed by atoms with Gasteiger partial charge < -0.3 is 20.7 Å². The molecule has 0 saturated heterocycles. The lowest BCUT2D eigenvalue weighted by atomic mass is 9.53. The minimum Gasteiger partial charge on any atom is -0.507 e. The van der Waals surface area contributed by atoms with Gasteiger partial charge in [0.05, 0.1) is 18.6 Å². The number of ether oxygens (including phenoxy) is 1. The molecule has 1 amide bonds. The molecule has 0 aliphatic heterocycles. The second-order valence-corrected chi connectivity index (χ2v) is 11.2. The maximum atomic E-state index is 13.9. The molecule has 2 aromatic rings. The molecule has 216 valence electrons. The molecule has 4 N–H and O–H groups in total. The number of ketones is 4. The maximum absolute atomic E-state index is 13.9. The Balaban J connectivity index is 1.60. The molecule has 5 atom stereocenters. The van der Waals surface area contributed by atoms with Crippen LogP contribution in [0.3, 0.4) is 0 Å². The highest BCUT2D eigenvalue weighted by Crippen LogP contribution is 2.51. The molecule has 3 aliphatic rings. The summed E-state index contributed by atoms with van der Waals surface area (Å²) in [5.74, 6) is -9.75. The SMILES string of the molecule is CCN(CC)Cc1ccc(OC)c(-c2ccc(O)c3c2C[C@H]2C[C@H]4CC(=O)C(C(N)=O)C(=O)[C@@]4(O)C(=O)C2C3=O)c1. The number of aliphatic hydroxyl groups is 1. The summed E-state index contributed by atoms with van der Waals surface area (Å²) in [5, 5.41) is 22.2. The number of methoxy groups -OCH3 is 1. The van der Waals surface area contributed by atoms with Gasteiger partial charge in [-0.2, -0.15) is 0 Å². The van der Waals surface area contributed by atoms with E-state index in [0.717, 1.165) is 24.2 Å². The highest BCUT2D eigenvalue weighted by Gasteiger charge is 2.66. The smallest absolute Gasteiger partial charge is 0.235 e. The van der Waals surface area contributed by atoms with Gasteiger partial charge in [0, 0.05) is 24.4 Å². The highest BCUT2D eigenvalue weighted by atomic mass is 16.5. The van der Waals surface area contributed by atoms with Crippen molar-refractivity contribution in [2.45, 2.75) is 45.3 Å². The zero-order chi connectivity index (χ0) is 29.8. The number of amides is 1. The van der Waals surface area contributed by atoms with Crippen molar-refractivity contribution in [1.29, 1.82) is 0 Å². The quantitative estimate of drug-likeness (QED) is 0.427. The number of rotatable bonds is 7. The minimum atomic E-state index is -2.67. The number of fused-ring (bicyclic) bond motifs is 3. The molecule has 0 aromatic heterocycles. The Bertz CT molecular complexity index is 1480. The van der Waals surface area contributed by atoms with E-state index in [1.54, 1.807) is 13.2 Å². The Hall–Kier alpha value is -3.89. The van der Waals surface area contributed by atoms with E-state index >= 15 is 0 Å². The second kappa shape index (κ2) is 10.5. The largest absolute Gasteiger partial charge is 0.507 e. The van der Waals surface area contributed by atoms with Gasteiger partial charge in [-0.1, -0.05) is 26.0 Å². The molecule has 0 heterocycles. The first-order valence-corrected chi connectivity index (χ1v) is 13.9. The number of primary amides is 1. The van der Waals surface area contributed by atoms with Gasteiger partial charge in [0.25, 0.3) is 0 Å². The van der Waals surface area contributed by atoms with Crippen molar-refractivity contribution < 1.29 is 38.9 Å². The van der Waals surface area contributed by atoms with Gasteiger partial charge in [0.2, 0.25) is 5.91 Å². The molecule has 10 nitrogen and oxygen atoms in total. The molecular formula is C31H34N2O8. The van der Waals surface area contributed by atoms with E-state index < -0.39 is 58.3 Å². The van der Waals surface area contributed by atoms with Gasteiger partial charge in [-0.25, -0.2) is 0 Å². The molecule has 2 unspecified atom stereocenters. The van der Waals surface area contributed by atoms with Crippen molar-refractivity contribution in [1.82, 2.24) is 4.90 Å². The van der Waals surface area contributed by atoms with Crippen molar-refractivity contribution in [2.24, 2.45) is 29.4 Å². The molecule has 3 aliphatic carbocycles. The average Bonchev–Trinajstić information content (AvgIpc) is 2.93. The Morgan fingerprint density at radius 2 is 1.76 bits per heavy atom. The van der Waals surface area contributed by atoms with Gasteiger partial charge in [-0.05, 0) is 66.7 Å². The standard InChI is InChI=1S/C31H34N2O8/c1-4-33(5-2)14-15-6-9-23(41-3)19(10-15)18-7-8-21(34)25-20(18)12-16-11-17-13-22(35)26(30(32)39)29(38)31(17,40)28(37)24(16)27(25)36/h6-10,16-17,24,26,34,40H,4-5,11-14H2,1-3H3,(H2,32,39)/t16-,17+,24?,26?,31+/m1/s1. The Kier molecular flexibility index (Phi) is 7.33. The fourth-order valence-corrected chi connectivity index (χ4v) is 6.99. The molecule has 0 spiro atoms. The van der Waals surface area contributed by atoms with E-state index in [1.165, 1.54) is 6.07 Å². The second-order valence-electron chi connectivity index (χ2n) is 11.2. The number of hydrogen-bond donors (Lipinski definition) is 3. The van der Waals surface area contributed by atoms with Crippen molar-refractivity contribution in [3.8, 4) is 22.6 Å². The lowest BCUT2D eigenvalue weighted by molar-refractivity contribution is -0.175. The summed E-state index contributed by atoms with van der Waals surface area (Å²) in [7, 11) is 1.55. The maximum Gasteiger partial charge on any atom is 0.235 e. The van der Waals surface area contributed by atoms with Gasteiger partial charge in [0.1, 0.15) is 11.5 Å². The summed E-state index contributed by atoms with van der Waals surface area (Å²) < 4.78 is 5.66. The summed E-state index contributed by atoms with van der Waals surface area (Å²) in [5.41, 5.74) is 5.51. The first kappa shape index (κ1) is 28.6. The number of aromatic hydroxyl groups is 1. The molecule has 2 fully saturated rings. The van der Waals surface area contributed by atoms with Crippen LogP contribution in [-0.2, 0) is 32.1 Å². The Morgan fingerprint density at radius 1 is 1.05 bits per heavy atom. The zero-order valence-electron chi connectivity index (χ0n) is 23.3. The third-order valence-corrected chi connectivity index (χ3v) is 9.14. The van der Waals surface area contributed by atoms with E-state index in [0.29, 0.717) is 23.4 Å². The third kappa shape index (κ3) is 4.36. The van der Waals surface area contributed by atoms with E-state index in [4.69, 9.17) is 10.5 Å². The van der Waals surface area contributed by atoms with Crippen LogP contribution >= 0.6 is 0 Å². The van der Waals surface area contributed by atoms with E-state index in [2.05, 4.69) is 18.7 Å². The van der Waals surface area contributed by atoms with Crippen molar-refractivity contribution in [3.63, 3.8) is 0 Å². The molecule has 2 aromatic carbocycles. The fourth-order valence-electron chi connectivity index (χ4n) is 6.99. The molecule has 0 radical (unpaired) electrons. The number of hydrogen-bond acceptors (Lipinski definition) is 9. The predicted molar refractivity (Wildman–Crippen MR) is 147 cm³/mol. The molecule has 2 saturated carbocycles. The van der Waals surface area contributed by atoms with Crippen LogP contribution in [-0.4, -0.2) is 70.0 Å². The number of nitrogens with two attached hydrogens (primary N) is 1. The fraction of sp³-hybridized carbons (Fsp3) is 0.452. The number of phenolic OH excluding ortho intramolecular Hbond substituents is 1. The molecule has 0 bridgehead atoms. The Labute approximate surface area is 237 Å². The summed E-state index contributed by atoms with van der Waals surface area (Å²) in [6, 6.07) is 8.94. The molecular weight excluding hydrogens is 528 g/mol. The summed E-state index contributed by atoms with van der Waals surface area (Å²) in [6.45, 7) is 6.62. The van der Waals surface area contributed by atoms with E-state index in [-0.39, 0.29) is 30.6 Å². The van der Waals surface area contributed by atoms with Crippen LogP contribution in [0.1, 0.15) is 48.2 Å². The van der Waals surface area contributed by atoms with Crippen LogP contribution in [0.5, 0.6) is 11.5 Å². The summed E-state index contributed by atoms with van der Waals surface area (Å²) in [4.78, 5) is 67.5. The van der Waals surface area contributed by atoms with Crippen LogP contribution in [0.25, 0.3) is 11.1 Å². The minimum absolute atomic E-state index is 0.0370. The van der Waals surface area contributed by atoms with Crippen LogP contribution in [0.15, 0.2) is 30.3 Å². The zero-order valence-corrected chi connectivity index (χ0v) is 23.3. The van der Waals surface area contributed by atoms with Crippen molar-refractivity contribution in [3.05, 3.63) is 47.0 Å². The number of carbonyl (C=O) groups is 5. The number of phenols is 1. The first-order valence-electron chi connectivity index (χ1n) is 13.9. The first-order chi connectivity index (χ1) is 19.5. The van der Waals surface area contributed by atoms with E-state index in [1.807, 2.05) is 18.2 Å². The average molecular weight is 563 g/mol. The summed E-state index contributed by atoms with van der Waals surface area (Å²) >= 11 is 0. The Morgan fingerprint density at radius 3 is 2.39 bits per heavy atom. The lowest BCUT2D eigenvalue weighted by Crippen LogP contribution is -2.68. The predicted octanol–water partition coefficient (Wildman–Crippen LogP) is 1.84. The van der Waals surface area contributed by atoms with Gasteiger partial charge in [0.15, 0.2) is 34.7 Å². The number of benzene rings is 2. The van der Waals surface area contributed by atoms with Crippen LogP contribution in [0.2, 0.25) is 0 Å². The van der Waals surface area contributed by atoms with Gasteiger partial charge >= 0.3 is 0 Å². The molecule has 5 rings (SSSR count). The van der Waals surface area contributed by atoms with Crippen molar-refractivity contribution >= 4 is 29.0 Å². The van der Waals surface area contributed by atoms with Gasteiger partial charge in [-0.15, -0.1) is 0 Å². The monoisotopic (exact) mass is 562 g/mol. The van der Waals surface area contributed by atoms with Crippen molar-refractivity contribution in [2.75, 3.05) is 20.2 Å². The number of Topliss-reactive ketones (excluding diaryl/α,β-unsaturated/α-hetero) is 4.